The molecule has 0 saturated carbocycles. The number of hydrogen-bond acceptors (Lipinski definition) is 4. The third kappa shape index (κ3) is 2.90. The molecule has 0 spiro atoms. The van der Waals surface area contributed by atoms with Crippen LogP contribution in [0.25, 0.3) is 0 Å². The Morgan fingerprint density at radius 3 is 2.50 bits per heavy atom. The molecule has 1 fully saturated rings. The molecule has 0 amide bonds. The molecule has 0 aliphatic carbocycles. The predicted octanol–water partition coefficient (Wildman–Crippen LogP) is 3.18. The highest BCUT2D eigenvalue weighted by Crippen LogP contribution is 2.30. The van der Waals surface area contributed by atoms with Gasteiger partial charge in [-0.05, 0) is 24.3 Å². The monoisotopic (exact) mass is 274 g/mol. The third-order valence-electron chi connectivity index (χ3n) is 2.82. The first kappa shape index (κ1) is 13.1. The highest BCUT2D eigenvalue weighted by Gasteiger charge is 2.22. The Balaban J connectivity index is 2.24. The van der Waals surface area contributed by atoms with Gasteiger partial charge in [-0.1, -0.05) is 0 Å². The summed E-state index contributed by atoms with van der Waals surface area (Å²) >= 11 is 1.82. The quantitative estimate of drug-likeness (QED) is 0.679. The molecule has 7 heteroatoms. The van der Waals surface area contributed by atoms with E-state index in [1.54, 1.807) is 0 Å². The van der Waals surface area contributed by atoms with E-state index in [2.05, 4.69) is 5.32 Å². The minimum atomic E-state index is -1.20. The van der Waals surface area contributed by atoms with Gasteiger partial charge in [0.15, 0.2) is 11.6 Å². The SMILES string of the molecule is O=[N+]([O-])c1cc(F)c(F)cc1NC1CCSCC1. The smallest absolute Gasteiger partial charge is 0.295 e. The number of anilines is 1. The number of hydrogen-bond donors (Lipinski definition) is 1. The Bertz CT molecular complexity index is 465. The summed E-state index contributed by atoms with van der Waals surface area (Å²) in [5.74, 6) is -0.343. The van der Waals surface area contributed by atoms with Crippen molar-refractivity contribution < 1.29 is 13.7 Å². The van der Waals surface area contributed by atoms with Gasteiger partial charge in [0.05, 0.1) is 11.0 Å². The van der Waals surface area contributed by atoms with Crippen LogP contribution in [0.5, 0.6) is 0 Å². The van der Waals surface area contributed by atoms with Gasteiger partial charge in [-0.2, -0.15) is 11.8 Å². The Labute approximate surface area is 107 Å². The van der Waals surface area contributed by atoms with E-state index < -0.39 is 22.2 Å². The van der Waals surface area contributed by atoms with E-state index in [9.17, 15) is 18.9 Å². The first-order valence-corrected chi connectivity index (χ1v) is 6.71. The van der Waals surface area contributed by atoms with Crippen LogP contribution in [0.3, 0.4) is 0 Å². The maximum atomic E-state index is 13.1. The molecule has 0 bridgehead atoms. The van der Waals surface area contributed by atoms with E-state index >= 15 is 0 Å². The van der Waals surface area contributed by atoms with Crippen LogP contribution in [-0.4, -0.2) is 22.5 Å². The van der Waals surface area contributed by atoms with Crippen molar-refractivity contribution in [1.82, 2.24) is 0 Å². The molecule has 2 rings (SSSR count). The second-order valence-electron chi connectivity index (χ2n) is 4.07. The van der Waals surface area contributed by atoms with Crippen molar-refractivity contribution in [2.45, 2.75) is 18.9 Å². The molecule has 98 valence electrons. The standard InChI is InChI=1S/C11H12F2N2O2S/c12-8-5-10(11(15(16)17)6-9(8)13)14-7-1-3-18-4-2-7/h5-7,14H,1-4H2. The van der Waals surface area contributed by atoms with Gasteiger partial charge in [0, 0.05) is 12.1 Å². The second-order valence-corrected chi connectivity index (χ2v) is 5.30. The summed E-state index contributed by atoms with van der Waals surface area (Å²) in [5, 5.41) is 13.7. The largest absolute Gasteiger partial charge is 0.377 e. The fraction of sp³-hybridized carbons (Fsp3) is 0.455. The maximum Gasteiger partial charge on any atom is 0.295 e. The summed E-state index contributed by atoms with van der Waals surface area (Å²) in [6.45, 7) is 0. The summed E-state index contributed by atoms with van der Waals surface area (Å²) in [6, 6.07) is 1.56. The molecule has 18 heavy (non-hydrogen) atoms. The lowest BCUT2D eigenvalue weighted by Crippen LogP contribution is -2.25. The van der Waals surface area contributed by atoms with Crippen molar-refractivity contribution in [2.75, 3.05) is 16.8 Å². The number of nitrogens with one attached hydrogen (secondary N) is 1. The number of nitro benzene ring substituents is 1. The lowest BCUT2D eigenvalue weighted by atomic mass is 10.1. The number of halogens is 2. The number of thioether (sulfide) groups is 1. The average Bonchev–Trinajstić information content (AvgIpc) is 2.34. The minimum absolute atomic E-state index is 0.0517. The molecule has 4 nitrogen and oxygen atoms in total. The van der Waals surface area contributed by atoms with Gasteiger partial charge in [0.2, 0.25) is 0 Å². The first-order chi connectivity index (χ1) is 8.58. The maximum absolute atomic E-state index is 13.1. The predicted molar refractivity (Wildman–Crippen MR) is 67.0 cm³/mol. The molecule has 1 heterocycles. The molecule has 0 unspecified atom stereocenters. The molecule has 1 aromatic carbocycles. The molecular weight excluding hydrogens is 262 g/mol. The fourth-order valence-electron chi connectivity index (χ4n) is 1.86. The van der Waals surface area contributed by atoms with E-state index in [1.165, 1.54) is 0 Å². The van der Waals surface area contributed by atoms with Crippen molar-refractivity contribution in [3.05, 3.63) is 33.9 Å². The van der Waals surface area contributed by atoms with E-state index in [-0.39, 0.29) is 11.7 Å². The van der Waals surface area contributed by atoms with Gasteiger partial charge >= 0.3 is 0 Å². The number of rotatable bonds is 3. The van der Waals surface area contributed by atoms with Gasteiger partial charge in [-0.15, -0.1) is 0 Å². The van der Waals surface area contributed by atoms with Crippen LogP contribution >= 0.6 is 11.8 Å². The van der Waals surface area contributed by atoms with Crippen LogP contribution in [0.1, 0.15) is 12.8 Å². The zero-order valence-corrected chi connectivity index (χ0v) is 10.3. The van der Waals surface area contributed by atoms with Gasteiger partial charge in [-0.3, -0.25) is 10.1 Å². The number of nitro groups is 1. The van der Waals surface area contributed by atoms with Crippen LogP contribution in [0.2, 0.25) is 0 Å². The average molecular weight is 274 g/mol. The minimum Gasteiger partial charge on any atom is -0.377 e. The van der Waals surface area contributed by atoms with Crippen LogP contribution in [-0.2, 0) is 0 Å². The number of benzene rings is 1. The molecule has 1 saturated heterocycles. The van der Waals surface area contributed by atoms with E-state index in [1.807, 2.05) is 11.8 Å². The van der Waals surface area contributed by atoms with Crippen LogP contribution in [0.15, 0.2) is 12.1 Å². The summed E-state index contributed by atoms with van der Waals surface area (Å²) in [4.78, 5) is 10.1. The molecule has 1 aliphatic heterocycles. The summed E-state index contributed by atoms with van der Waals surface area (Å²) in [6.07, 6.45) is 1.72. The van der Waals surface area contributed by atoms with E-state index in [4.69, 9.17) is 0 Å². The normalized spacial score (nSPS) is 16.6. The Morgan fingerprint density at radius 2 is 1.89 bits per heavy atom. The highest BCUT2D eigenvalue weighted by molar-refractivity contribution is 7.99. The zero-order valence-electron chi connectivity index (χ0n) is 9.49. The van der Waals surface area contributed by atoms with Gasteiger partial charge in [0.1, 0.15) is 5.69 Å². The van der Waals surface area contributed by atoms with Crippen molar-refractivity contribution in [1.29, 1.82) is 0 Å². The van der Waals surface area contributed by atoms with Crippen molar-refractivity contribution in [2.24, 2.45) is 0 Å². The van der Waals surface area contributed by atoms with Gasteiger partial charge in [-0.25, -0.2) is 8.78 Å². The second kappa shape index (κ2) is 5.51. The molecule has 0 radical (unpaired) electrons. The molecule has 0 aromatic heterocycles. The topological polar surface area (TPSA) is 55.2 Å². The van der Waals surface area contributed by atoms with Gasteiger partial charge in [0.25, 0.3) is 5.69 Å². The lowest BCUT2D eigenvalue weighted by molar-refractivity contribution is -0.384. The summed E-state index contributed by atoms with van der Waals surface area (Å²) in [5.41, 5.74) is -0.372. The summed E-state index contributed by atoms with van der Waals surface area (Å²) in [7, 11) is 0. The highest BCUT2D eigenvalue weighted by atomic mass is 32.2. The Kier molecular flexibility index (Phi) is 4.00. The van der Waals surface area contributed by atoms with Crippen LogP contribution in [0.4, 0.5) is 20.2 Å². The Hall–Kier alpha value is -1.37. The van der Waals surface area contributed by atoms with E-state index in [0.717, 1.165) is 30.4 Å². The van der Waals surface area contributed by atoms with Gasteiger partial charge < -0.3 is 5.32 Å². The van der Waals surface area contributed by atoms with Crippen LogP contribution < -0.4 is 5.32 Å². The van der Waals surface area contributed by atoms with Crippen LogP contribution in [0, 0.1) is 21.7 Å². The van der Waals surface area contributed by atoms with Crippen molar-refractivity contribution >= 4 is 23.1 Å². The summed E-state index contributed by atoms with van der Waals surface area (Å²) < 4.78 is 26.1. The third-order valence-corrected chi connectivity index (χ3v) is 3.86. The molecule has 1 aliphatic rings. The lowest BCUT2D eigenvalue weighted by Gasteiger charge is -2.23. The fourth-order valence-corrected chi connectivity index (χ4v) is 2.97. The molecule has 1 aromatic rings. The molecule has 1 N–H and O–H groups in total. The molecular formula is C11H12F2N2O2S. The Morgan fingerprint density at radius 1 is 1.28 bits per heavy atom. The molecule has 0 atom stereocenters. The number of nitrogens with zero attached hydrogens (tertiary/aromatic N) is 1. The van der Waals surface area contributed by atoms with Crippen molar-refractivity contribution in [3.8, 4) is 0 Å². The zero-order chi connectivity index (χ0) is 13.1. The first-order valence-electron chi connectivity index (χ1n) is 5.55. The van der Waals surface area contributed by atoms with E-state index in [0.29, 0.717) is 6.07 Å². The van der Waals surface area contributed by atoms with Crippen molar-refractivity contribution in [3.63, 3.8) is 0 Å².